The van der Waals surface area contributed by atoms with Crippen LogP contribution in [-0.2, 0) is 17.4 Å². The van der Waals surface area contributed by atoms with Gasteiger partial charge in [-0.15, -0.1) is 10.2 Å². The van der Waals surface area contributed by atoms with E-state index in [4.69, 9.17) is 0 Å². The summed E-state index contributed by atoms with van der Waals surface area (Å²) in [7, 11) is 0. The van der Waals surface area contributed by atoms with Crippen molar-refractivity contribution < 1.29 is 22.8 Å². The largest absolute Gasteiger partial charge is 0.416 e. The molecule has 6 nitrogen and oxygen atoms in total. The Labute approximate surface area is 184 Å². The van der Waals surface area contributed by atoms with Gasteiger partial charge in [0, 0.05) is 11.3 Å². The predicted molar refractivity (Wildman–Crippen MR) is 114 cm³/mol. The fraction of sp³-hybridized carbons (Fsp3) is 0.200. The summed E-state index contributed by atoms with van der Waals surface area (Å²) in [5.74, 6) is -0.864. The first-order valence-corrected chi connectivity index (χ1v) is 10.9. The second-order valence-electron chi connectivity index (χ2n) is 6.29. The maximum Gasteiger partial charge on any atom is 0.416 e. The molecule has 3 aromatic rings. The number of hydrogen-bond donors (Lipinski definition) is 2. The van der Waals surface area contributed by atoms with Crippen LogP contribution in [-0.4, -0.2) is 27.8 Å². The molecule has 0 radical (unpaired) electrons. The van der Waals surface area contributed by atoms with Gasteiger partial charge in [-0.25, -0.2) is 0 Å². The number of halogens is 3. The third-order valence-electron chi connectivity index (χ3n) is 4.05. The molecule has 11 heteroatoms. The van der Waals surface area contributed by atoms with Crippen LogP contribution in [0.3, 0.4) is 0 Å². The van der Waals surface area contributed by atoms with E-state index in [2.05, 4.69) is 20.8 Å². The van der Waals surface area contributed by atoms with E-state index in [-0.39, 0.29) is 22.4 Å². The molecule has 2 N–H and O–H groups in total. The Bertz CT molecular complexity index is 1070. The summed E-state index contributed by atoms with van der Waals surface area (Å²) in [6.07, 6.45) is -3.63. The summed E-state index contributed by atoms with van der Waals surface area (Å²) in [4.78, 5) is 24.3. The molecule has 0 aliphatic carbocycles. The standard InChI is InChI=1S/C20H17F3N4O2S2/c1-2-12-6-8-15(9-7-12)24-16(28)11-30-19-27-26-18(31-19)25-17(29)13-4-3-5-14(10-13)20(21,22)23/h3-10H,2,11H2,1H3,(H,24,28)(H,25,26,29). The first-order valence-electron chi connectivity index (χ1n) is 9.08. The monoisotopic (exact) mass is 466 g/mol. The second kappa shape index (κ2) is 9.92. The Morgan fingerprint density at radius 3 is 2.48 bits per heavy atom. The summed E-state index contributed by atoms with van der Waals surface area (Å²) in [5.41, 5.74) is 0.798. The van der Waals surface area contributed by atoms with Gasteiger partial charge in [-0.05, 0) is 42.3 Å². The van der Waals surface area contributed by atoms with Crippen LogP contribution in [0.1, 0.15) is 28.4 Å². The topological polar surface area (TPSA) is 84.0 Å². The van der Waals surface area contributed by atoms with Gasteiger partial charge in [0.1, 0.15) is 0 Å². The van der Waals surface area contributed by atoms with Crippen molar-refractivity contribution in [1.82, 2.24) is 10.2 Å². The molecule has 31 heavy (non-hydrogen) atoms. The third-order valence-corrected chi connectivity index (χ3v) is 6.02. The Morgan fingerprint density at radius 2 is 1.81 bits per heavy atom. The van der Waals surface area contributed by atoms with E-state index in [9.17, 15) is 22.8 Å². The average molecular weight is 467 g/mol. The van der Waals surface area contributed by atoms with Gasteiger partial charge >= 0.3 is 6.18 Å². The minimum absolute atomic E-state index is 0.0890. The number of rotatable bonds is 7. The molecule has 3 rings (SSSR count). The van der Waals surface area contributed by atoms with E-state index in [1.807, 2.05) is 31.2 Å². The van der Waals surface area contributed by atoms with Gasteiger partial charge in [0.2, 0.25) is 11.0 Å². The van der Waals surface area contributed by atoms with E-state index in [1.165, 1.54) is 11.6 Å². The van der Waals surface area contributed by atoms with Crippen LogP contribution in [0, 0.1) is 0 Å². The maximum absolute atomic E-state index is 12.8. The highest BCUT2D eigenvalue weighted by atomic mass is 32.2. The number of hydrogen-bond acceptors (Lipinski definition) is 6. The van der Waals surface area contributed by atoms with Crippen molar-refractivity contribution >= 4 is 45.7 Å². The molecule has 0 aliphatic heterocycles. The molecule has 1 aromatic heterocycles. The molecule has 0 spiro atoms. The second-order valence-corrected chi connectivity index (χ2v) is 8.49. The first kappa shape index (κ1) is 22.8. The van der Waals surface area contributed by atoms with Gasteiger partial charge in [-0.3, -0.25) is 14.9 Å². The number of aryl methyl sites for hydroxylation is 1. The molecule has 1 heterocycles. The molecule has 0 fully saturated rings. The van der Waals surface area contributed by atoms with Crippen LogP contribution < -0.4 is 10.6 Å². The number of aromatic nitrogens is 2. The molecule has 162 valence electrons. The number of carbonyl (C=O) groups excluding carboxylic acids is 2. The average Bonchev–Trinajstić information content (AvgIpc) is 3.19. The zero-order valence-corrected chi connectivity index (χ0v) is 17.8. The van der Waals surface area contributed by atoms with Crippen molar-refractivity contribution in [3.8, 4) is 0 Å². The molecule has 0 saturated heterocycles. The lowest BCUT2D eigenvalue weighted by Crippen LogP contribution is -2.13. The van der Waals surface area contributed by atoms with E-state index < -0.39 is 17.6 Å². The zero-order valence-electron chi connectivity index (χ0n) is 16.2. The van der Waals surface area contributed by atoms with Crippen molar-refractivity contribution in [1.29, 1.82) is 0 Å². The van der Waals surface area contributed by atoms with Crippen LogP contribution in [0.25, 0.3) is 0 Å². The fourth-order valence-electron chi connectivity index (χ4n) is 2.47. The minimum atomic E-state index is -4.54. The normalized spacial score (nSPS) is 11.2. The summed E-state index contributed by atoms with van der Waals surface area (Å²) in [5, 5.41) is 13.0. The lowest BCUT2D eigenvalue weighted by Gasteiger charge is -2.08. The maximum atomic E-state index is 12.8. The molecule has 0 unspecified atom stereocenters. The number of anilines is 2. The van der Waals surface area contributed by atoms with Crippen molar-refractivity contribution in [2.75, 3.05) is 16.4 Å². The number of thioether (sulfide) groups is 1. The van der Waals surface area contributed by atoms with Gasteiger partial charge in [0.25, 0.3) is 5.91 Å². The molecule has 0 bridgehead atoms. The van der Waals surface area contributed by atoms with Crippen LogP contribution in [0.15, 0.2) is 52.9 Å². The summed E-state index contributed by atoms with van der Waals surface area (Å²) in [6, 6.07) is 11.6. The summed E-state index contributed by atoms with van der Waals surface area (Å²) < 4.78 is 38.8. The molecule has 0 aliphatic rings. The Morgan fingerprint density at radius 1 is 1.06 bits per heavy atom. The SMILES string of the molecule is CCc1ccc(NC(=O)CSc2nnc(NC(=O)c3cccc(C(F)(F)F)c3)s2)cc1. The van der Waals surface area contributed by atoms with Crippen LogP contribution in [0.4, 0.5) is 24.0 Å². The Hall–Kier alpha value is -2.92. The van der Waals surface area contributed by atoms with Gasteiger partial charge in [0.15, 0.2) is 4.34 Å². The number of benzene rings is 2. The van der Waals surface area contributed by atoms with Crippen LogP contribution in [0.5, 0.6) is 0 Å². The van der Waals surface area contributed by atoms with Crippen molar-refractivity contribution in [2.45, 2.75) is 23.9 Å². The van der Waals surface area contributed by atoms with Gasteiger partial charge in [-0.1, -0.05) is 48.2 Å². The number of nitrogens with one attached hydrogen (secondary N) is 2. The van der Waals surface area contributed by atoms with Gasteiger partial charge < -0.3 is 5.32 Å². The highest BCUT2D eigenvalue weighted by Gasteiger charge is 2.31. The molecular weight excluding hydrogens is 449 g/mol. The van der Waals surface area contributed by atoms with E-state index in [1.54, 1.807) is 0 Å². The number of carbonyl (C=O) groups is 2. The number of nitrogens with zero attached hydrogens (tertiary/aromatic N) is 2. The smallest absolute Gasteiger partial charge is 0.325 e. The first-order chi connectivity index (χ1) is 14.7. The lowest BCUT2D eigenvalue weighted by molar-refractivity contribution is -0.137. The van der Waals surface area contributed by atoms with E-state index in [0.717, 1.165) is 47.7 Å². The lowest BCUT2D eigenvalue weighted by atomic mass is 10.1. The highest BCUT2D eigenvalue weighted by molar-refractivity contribution is 8.01. The number of alkyl halides is 3. The third kappa shape index (κ3) is 6.53. The molecule has 0 atom stereocenters. The van der Waals surface area contributed by atoms with Crippen molar-refractivity contribution in [3.05, 3.63) is 65.2 Å². The van der Waals surface area contributed by atoms with Gasteiger partial charge in [0.05, 0.1) is 11.3 Å². The Balaban J connectivity index is 1.53. The van der Waals surface area contributed by atoms with Gasteiger partial charge in [-0.2, -0.15) is 13.2 Å². The number of amides is 2. The zero-order chi connectivity index (χ0) is 22.4. The predicted octanol–water partition coefficient (Wildman–Crippen LogP) is 5.10. The fourth-order valence-corrected chi connectivity index (χ4v) is 4.02. The Kier molecular flexibility index (Phi) is 7.29. The quantitative estimate of drug-likeness (QED) is 0.374. The molecule has 2 aromatic carbocycles. The highest BCUT2D eigenvalue weighted by Crippen LogP contribution is 2.30. The van der Waals surface area contributed by atoms with E-state index in [0.29, 0.717) is 10.0 Å². The minimum Gasteiger partial charge on any atom is -0.325 e. The molecular formula is C20H17F3N4O2S2. The van der Waals surface area contributed by atoms with Crippen molar-refractivity contribution in [3.63, 3.8) is 0 Å². The van der Waals surface area contributed by atoms with Crippen molar-refractivity contribution in [2.24, 2.45) is 0 Å². The summed E-state index contributed by atoms with van der Waals surface area (Å²) >= 11 is 2.16. The molecule has 2 amide bonds. The van der Waals surface area contributed by atoms with Crippen LogP contribution >= 0.6 is 23.1 Å². The molecule has 0 saturated carbocycles. The van der Waals surface area contributed by atoms with E-state index >= 15 is 0 Å². The summed E-state index contributed by atoms with van der Waals surface area (Å²) in [6.45, 7) is 2.04. The van der Waals surface area contributed by atoms with Crippen LogP contribution in [0.2, 0.25) is 0 Å².